The van der Waals surface area contributed by atoms with Crippen LogP contribution in [-0.2, 0) is 10.2 Å². The predicted octanol–water partition coefficient (Wildman–Crippen LogP) is 1.54. The molecule has 3 aliphatic heterocycles. The molecule has 4 heteroatoms. The van der Waals surface area contributed by atoms with Crippen molar-refractivity contribution < 1.29 is 4.79 Å². The molecule has 6 rings (SSSR count). The summed E-state index contributed by atoms with van der Waals surface area (Å²) in [6, 6.07) is 12.0. The van der Waals surface area contributed by atoms with Crippen LogP contribution in [-0.4, -0.2) is 28.0 Å². The van der Waals surface area contributed by atoms with Crippen LogP contribution < -0.4 is 5.56 Å². The zero-order valence-electron chi connectivity index (χ0n) is 12.0. The summed E-state index contributed by atoms with van der Waals surface area (Å²) in [4.78, 5) is 27.4. The highest BCUT2D eigenvalue weighted by atomic mass is 16.2. The van der Waals surface area contributed by atoms with Gasteiger partial charge in [-0.05, 0) is 30.0 Å². The quantitative estimate of drug-likeness (QED) is 0.738. The first-order chi connectivity index (χ1) is 10.7. The maximum absolute atomic E-state index is 12.7. The van der Waals surface area contributed by atoms with Crippen LogP contribution in [0, 0.1) is 0 Å². The van der Waals surface area contributed by atoms with Crippen molar-refractivity contribution in [3.63, 3.8) is 0 Å². The van der Waals surface area contributed by atoms with Gasteiger partial charge in [-0.15, -0.1) is 0 Å². The molecule has 2 aromatic rings. The number of nitrogens with zero attached hydrogens (tertiary/aromatic N) is 2. The Balaban J connectivity index is 1.87. The van der Waals surface area contributed by atoms with E-state index in [1.807, 2.05) is 22.8 Å². The highest BCUT2D eigenvalue weighted by molar-refractivity contribution is 5.90. The molecule has 4 heterocycles. The Kier molecular flexibility index (Phi) is 1.63. The fraction of sp³-hybridized carbons (Fsp3) is 0.333. The molecule has 1 amide bonds. The molecule has 2 bridgehead atoms. The summed E-state index contributed by atoms with van der Waals surface area (Å²) in [5, 5.41) is 0. The van der Waals surface area contributed by atoms with Crippen molar-refractivity contribution in [2.24, 2.45) is 0 Å². The molecular formula is C18H14N2O2. The van der Waals surface area contributed by atoms with E-state index >= 15 is 0 Å². The van der Waals surface area contributed by atoms with Gasteiger partial charge in [0.15, 0.2) is 0 Å². The van der Waals surface area contributed by atoms with Crippen molar-refractivity contribution in [2.45, 2.75) is 30.2 Å². The van der Waals surface area contributed by atoms with E-state index in [0.717, 1.165) is 36.3 Å². The summed E-state index contributed by atoms with van der Waals surface area (Å²) < 4.78 is 1.88. The van der Waals surface area contributed by atoms with Gasteiger partial charge >= 0.3 is 0 Å². The number of hydrogen-bond acceptors (Lipinski definition) is 2. The van der Waals surface area contributed by atoms with E-state index in [1.54, 1.807) is 6.07 Å². The molecule has 0 N–H and O–H groups in total. The molecule has 3 atom stereocenters. The van der Waals surface area contributed by atoms with Crippen molar-refractivity contribution in [1.29, 1.82) is 0 Å². The van der Waals surface area contributed by atoms with Gasteiger partial charge in [-0.25, -0.2) is 0 Å². The van der Waals surface area contributed by atoms with E-state index in [9.17, 15) is 9.59 Å². The van der Waals surface area contributed by atoms with Crippen LogP contribution in [0.3, 0.4) is 0 Å². The van der Waals surface area contributed by atoms with Crippen LogP contribution in [0.1, 0.15) is 35.6 Å². The summed E-state index contributed by atoms with van der Waals surface area (Å²) in [6.07, 6.45) is 1.84. The molecule has 0 saturated carbocycles. The van der Waals surface area contributed by atoms with Gasteiger partial charge in [-0.2, -0.15) is 0 Å². The van der Waals surface area contributed by atoms with Crippen LogP contribution in [0.15, 0.2) is 41.2 Å². The van der Waals surface area contributed by atoms with Gasteiger partial charge in [0.1, 0.15) is 0 Å². The van der Waals surface area contributed by atoms with Crippen LogP contribution in [0.4, 0.5) is 0 Å². The van der Waals surface area contributed by atoms with Crippen molar-refractivity contribution >= 4 is 5.91 Å². The second-order valence-corrected chi connectivity index (χ2v) is 6.89. The smallest absolute Gasteiger partial charge is 0.255 e. The number of hydrogen-bond donors (Lipinski definition) is 0. The predicted molar refractivity (Wildman–Crippen MR) is 80.3 cm³/mol. The number of benzene rings is 1. The molecule has 1 spiro atoms. The molecular weight excluding hydrogens is 276 g/mol. The lowest BCUT2D eigenvalue weighted by atomic mass is 9.65. The highest BCUT2D eigenvalue weighted by Crippen LogP contribution is 2.61. The molecule has 1 aliphatic carbocycles. The van der Waals surface area contributed by atoms with E-state index in [2.05, 4.69) is 17.0 Å². The molecule has 4 nitrogen and oxygen atoms in total. The Bertz CT molecular complexity index is 944. The third kappa shape index (κ3) is 0.901. The number of carbonyl (C=O) groups is 1. The van der Waals surface area contributed by atoms with Crippen molar-refractivity contribution in [1.82, 2.24) is 9.47 Å². The lowest BCUT2D eigenvalue weighted by molar-refractivity contribution is -0.129. The Hall–Kier alpha value is -2.36. The van der Waals surface area contributed by atoms with E-state index in [-0.39, 0.29) is 28.8 Å². The second kappa shape index (κ2) is 3.19. The average molecular weight is 290 g/mol. The number of amides is 1. The largest absolute Gasteiger partial charge is 0.338 e. The van der Waals surface area contributed by atoms with Crippen molar-refractivity contribution in [2.75, 3.05) is 6.54 Å². The second-order valence-electron chi connectivity index (χ2n) is 6.89. The molecule has 4 aliphatic rings. The summed E-state index contributed by atoms with van der Waals surface area (Å²) in [5.74, 6) is 0.213. The normalized spacial score (nSPS) is 32.4. The monoisotopic (exact) mass is 290 g/mol. The van der Waals surface area contributed by atoms with Gasteiger partial charge in [0.2, 0.25) is 5.91 Å². The minimum Gasteiger partial charge on any atom is -0.338 e. The van der Waals surface area contributed by atoms with E-state index in [0.29, 0.717) is 0 Å². The summed E-state index contributed by atoms with van der Waals surface area (Å²) in [7, 11) is 0. The third-order valence-electron chi connectivity index (χ3n) is 6.28. The molecule has 1 aromatic carbocycles. The number of fused-ring (bicyclic) bond motifs is 4. The van der Waals surface area contributed by atoms with Crippen LogP contribution in [0.25, 0.3) is 5.69 Å². The van der Waals surface area contributed by atoms with E-state index in [4.69, 9.17) is 0 Å². The lowest BCUT2D eigenvalue weighted by Crippen LogP contribution is -2.41. The van der Waals surface area contributed by atoms with Crippen molar-refractivity contribution in [3.8, 4) is 5.69 Å². The standard InChI is InChI=1S/C18H14N2O2/c21-15-6-5-10-11-9-14-18(7-8-19(14)17(11)22)12-3-1-2-4-13(12)20(15)16(10)18/h1-6,11,14H,7-9H2/t11-,14-,18-/m1/s1. The number of rotatable bonds is 0. The minimum absolute atomic E-state index is 0.0234. The molecule has 2 fully saturated rings. The summed E-state index contributed by atoms with van der Waals surface area (Å²) >= 11 is 0. The average Bonchev–Trinajstić information content (AvgIpc) is 3.15. The maximum atomic E-state index is 12.7. The van der Waals surface area contributed by atoms with Gasteiger partial charge in [0, 0.05) is 24.3 Å². The van der Waals surface area contributed by atoms with Crippen LogP contribution in [0.5, 0.6) is 0 Å². The first kappa shape index (κ1) is 11.2. The first-order valence-electron chi connectivity index (χ1n) is 7.90. The SMILES string of the molecule is O=C1[C@@H]2C[C@H]3N1CC[C@@]31c3ccccc3-n3c1c2ccc3=O. The summed E-state index contributed by atoms with van der Waals surface area (Å²) in [6.45, 7) is 0.816. The Labute approximate surface area is 127 Å². The van der Waals surface area contributed by atoms with E-state index < -0.39 is 0 Å². The van der Waals surface area contributed by atoms with Crippen LogP contribution in [0.2, 0.25) is 0 Å². The van der Waals surface area contributed by atoms with E-state index in [1.165, 1.54) is 5.56 Å². The third-order valence-corrected chi connectivity index (χ3v) is 6.28. The zero-order valence-corrected chi connectivity index (χ0v) is 12.0. The zero-order chi connectivity index (χ0) is 14.6. The number of pyridine rings is 1. The van der Waals surface area contributed by atoms with Crippen molar-refractivity contribution in [3.05, 3.63) is 63.6 Å². The number of para-hydroxylation sites is 1. The molecule has 22 heavy (non-hydrogen) atoms. The molecule has 2 saturated heterocycles. The van der Waals surface area contributed by atoms with Gasteiger partial charge < -0.3 is 4.90 Å². The lowest BCUT2D eigenvalue weighted by Gasteiger charge is -2.36. The number of carbonyl (C=O) groups excluding carboxylic acids is 1. The first-order valence-corrected chi connectivity index (χ1v) is 7.90. The van der Waals surface area contributed by atoms with Gasteiger partial charge in [0.05, 0.1) is 17.0 Å². The fourth-order valence-corrected chi connectivity index (χ4v) is 5.56. The fourth-order valence-electron chi connectivity index (χ4n) is 5.56. The highest BCUT2D eigenvalue weighted by Gasteiger charge is 2.65. The molecule has 1 aromatic heterocycles. The molecule has 0 unspecified atom stereocenters. The summed E-state index contributed by atoms with van der Waals surface area (Å²) in [5.41, 5.74) is 4.31. The van der Waals surface area contributed by atoms with Crippen LogP contribution >= 0.6 is 0 Å². The Morgan fingerprint density at radius 2 is 1.95 bits per heavy atom. The Morgan fingerprint density at radius 1 is 1.09 bits per heavy atom. The maximum Gasteiger partial charge on any atom is 0.255 e. The number of aromatic nitrogens is 1. The minimum atomic E-state index is -0.158. The Morgan fingerprint density at radius 3 is 2.86 bits per heavy atom. The van der Waals surface area contributed by atoms with Gasteiger partial charge in [-0.3, -0.25) is 14.2 Å². The van der Waals surface area contributed by atoms with Gasteiger partial charge in [-0.1, -0.05) is 24.3 Å². The molecule has 108 valence electrons. The van der Waals surface area contributed by atoms with Gasteiger partial charge in [0.25, 0.3) is 5.56 Å². The topological polar surface area (TPSA) is 42.3 Å². The molecule has 0 radical (unpaired) electrons.